The maximum Gasteiger partial charge on any atom is 0.264 e. The van der Waals surface area contributed by atoms with E-state index in [9.17, 15) is 13.2 Å². The van der Waals surface area contributed by atoms with E-state index in [-0.39, 0.29) is 10.5 Å². The lowest BCUT2D eigenvalue weighted by atomic mass is 10.2. The molecule has 28 heavy (non-hydrogen) atoms. The number of anilines is 2. The van der Waals surface area contributed by atoms with Crippen molar-refractivity contribution in [2.24, 2.45) is 0 Å². The summed E-state index contributed by atoms with van der Waals surface area (Å²) in [7, 11) is -2.30. The first-order chi connectivity index (χ1) is 13.2. The first kappa shape index (κ1) is 20.0. The van der Waals surface area contributed by atoms with Gasteiger partial charge in [-0.1, -0.05) is 23.8 Å². The number of hydrogen-bond donors (Lipinski definition) is 1. The molecule has 0 unspecified atom stereocenters. The highest BCUT2D eigenvalue weighted by Gasteiger charge is 2.22. The summed E-state index contributed by atoms with van der Waals surface area (Å²) in [6, 6.07) is 13.2. The molecule has 6 nitrogen and oxygen atoms in total. The zero-order chi connectivity index (χ0) is 20.5. The Balaban J connectivity index is 1.87. The summed E-state index contributed by atoms with van der Waals surface area (Å²) in [4.78, 5) is 17.9. The third-order valence-corrected chi connectivity index (χ3v) is 7.17. The second kappa shape index (κ2) is 7.73. The highest BCUT2D eigenvalue weighted by atomic mass is 32.2. The van der Waals surface area contributed by atoms with Gasteiger partial charge >= 0.3 is 0 Å². The zero-order valence-corrected chi connectivity index (χ0v) is 17.7. The number of thiazole rings is 1. The van der Waals surface area contributed by atoms with Crippen LogP contribution in [-0.4, -0.2) is 26.4 Å². The van der Waals surface area contributed by atoms with E-state index in [4.69, 9.17) is 0 Å². The molecule has 0 aliphatic heterocycles. The van der Waals surface area contributed by atoms with Crippen LogP contribution in [0, 0.1) is 20.8 Å². The molecule has 0 saturated heterocycles. The number of carbonyl (C=O) groups excluding carboxylic acids is 1. The largest absolute Gasteiger partial charge is 0.298 e. The van der Waals surface area contributed by atoms with Gasteiger partial charge in [-0.2, -0.15) is 0 Å². The number of nitrogens with one attached hydrogen (secondary N) is 1. The lowest BCUT2D eigenvalue weighted by molar-refractivity contribution is 0.102. The van der Waals surface area contributed by atoms with Crippen LogP contribution in [0.1, 0.15) is 26.5 Å². The van der Waals surface area contributed by atoms with E-state index in [1.807, 2.05) is 32.9 Å². The number of rotatable bonds is 5. The quantitative estimate of drug-likeness (QED) is 0.679. The molecule has 0 aliphatic carbocycles. The molecule has 3 aromatic rings. The van der Waals surface area contributed by atoms with Gasteiger partial charge in [-0.25, -0.2) is 13.4 Å². The Bertz CT molecular complexity index is 1100. The predicted octanol–water partition coefficient (Wildman–Crippen LogP) is 4.15. The van der Waals surface area contributed by atoms with Gasteiger partial charge in [-0.3, -0.25) is 14.4 Å². The molecule has 1 heterocycles. The number of nitrogens with zero attached hydrogens (tertiary/aromatic N) is 2. The van der Waals surface area contributed by atoms with Gasteiger partial charge in [0.15, 0.2) is 5.13 Å². The van der Waals surface area contributed by atoms with Gasteiger partial charge in [0, 0.05) is 17.5 Å². The third-order valence-electron chi connectivity index (χ3n) is 4.40. The summed E-state index contributed by atoms with van der Waals surface area (Å²) < 4.78 is 27.2. The molecule has 1 aromatic heterocycles. The average molecular weight is 416 g/mol. The number of aryl methyl sites for hydroxylation is 3. The third kappa shape index (κ3) is 4.07. The lowest BCUT2D eigenvalue weighted by Crippen LogP contribution is -2.26. The van der Waals surface area contributed by atoms with E-state index in [0.717, 1.165) is 16.1 Å². The number of hydrogen-bond acceptors (Lipinski definition) is 5. The van der Waals surface area contributed by atoms with Crippen molar-refractivity contribution in [1.82, 2.24) is 4.98 Å². The van der Waals surface area contributed by atoms with E-state index in [0.29, 0.717) is 10.8 Å². The SMILES string of the molecule is Cc1ccc(N(C)S(=O)(=O)c2cccc(C(=O)Nc3nc(C)c(C)s3)c2)cc1. The van der Waals surface area contributed by atoms with Gasteiger partial charge in [-0.15, -0.1) is 11.3 Å². The Morgan fingerprint density at radius 3 is 2.36 bits per heavy atom. The first-order valence-electron chi connectivity index (χ1n) is 8.59. The summed E-state index contributed by atoms with van der Waals surface area (Å²) in [5, 5.41) is 3.22. The molecule has 1 amide bonds. The monoisotopic (exact) mass is 415 g/mol. The van der Waals surface area contributed by atoms with Crippen LogP contribution in [0.2, 0.25) is 0 Å². The van der Waals surface area contributed by atoms with Crippen LogP contribution in [0.4, 0.5) is 10.8 Å². The van der Waals surface area contributed by atoms with Crippen molar-refractivity contribution in [3.8, 4) is 0 Å². The minimum absolute atomic E-state index is 0.0507. The molecule has 0 atom stereocenters. The number of aromatic nitrogens is 1. The molecular weight excluding hydrogens is 394 g/mol. The van der Waals surface area contributed by atoms with Gasteiger partial charge in [-0.05, 0) is 51.1 Å². The standard InChI is InChI=1S/C20H21N3O3S2/c1-13-8-10-17(11-9-13)23(4)28(25,26)18-7-5-6-16(12-18)19(24)22-20-21-14(2)15(3)27-20/h5-12H,1-4H3,(H,21,22,24). The molecule has 0 saturated carbocycles. The fourth-order valence-electron chi connectivity index (χ4n) is 2.54. The van der Waals surface area contributed by atoms with Crippen LogP contribution in [-0.2, 0) is 10.0 Å². The Labute approximate surface area is 168 Å². The molecule has 0 fully saturated rings. The molecule has 0 radical (unpaired) electrons. The van der Waals surface area contributed by atoms with E-state index >= 15 is 0 Å². The molecule has 0 bridgehead atoms. The summed E-state index contributed by atoms with van der Waals surface area (Å²) in [6.07, 6.45) is 0. The van der Waals surface area contributed by atoms with Gasteiger partial charge in [0.1, 0.15) is 0 Å². The maximum absolute atomic E-state index is 13.0. The minimum Gasteiger partial charge on any atom is -0.298 e. The van der Waals surface area contributed by atoms with Gasteiger partial charge in [0.05, 0.1) is 16.3 Å². The summed E-state index contributed by atoms with van der Waals surface area (Å²) in [5.74, 6) is -0.399. The van der Waals surface area contributed by atoms with Gasteiger partial charge in [0.2, 0.25) is 0 Å². The van der Waals surface area contributed by atoms with Crippen molar-refractivity contribution in [3.63, 3.8) is 0 Å². The number of benzene rings is 2. The van der Waals surface area contributed by atoms with Crippen molar-refractivity contribution in [1.29, 1.82) is 0 Å². The van der Waals surface area contributed by atoms with Crippen LogP contribution in [0.15, 0.2) is 53.4 Å². The topological polar surface area (TPSA) is 79.4 Å². The normalized spacial score (nSPS) is 11.3. The van der Waals surface area contributed by atoms with Gasteiger partial charge < -0.3 is 0 Å². The van der Waals surface area contributed by atoms with Crippen molar-refractivity contribution < 1.29 is 13.2 Å². The van der Waals surface area contributed by atoms with Crippen molar-refractivity contribution >= 4 is 38.1 Å². The second-order valence-corrected chi connectivity index (χ2v) is 9.62. The van der Waals surface area contributed by atoms with E-state index in [1.165, 1.54) is 34.8 Å². The van der Waals surface area contributed by atoms with Crippen molar-refractivity contribution in [2.75, 3.05) is 16.7 Å². The predicted molar refractivity (Wildman–Crippen MR) is 113 cm³/mol. The van der Waals surface area contributed by atoms with Crippen LogP contribution in [0.3, 0.4) is 0 Å². The van der Waals surface area contributed by atoms with Crippen LogP contribution in [0.25, 0.3) is 0 Å². The average Bonchev–Trinajstić information content (AvgIpc) is 2.99. The number of amides is 1. The Morgan fingerprint density at radius 1 is 1.07 bits per heavy atom. The first-order valence-corrected chi connectivity index (χ1v) is 10.8. The van der Waals surface area contributed by atoms with Crippen LogP contribution in [0.5, 0.6) is 0 Å². The fourth-order valence-corrected chi connectivity index (χ4v) is 4.60. The number of sulfonamides is 1. The zero-order valence-electron chi connectivity index (χ0n) is 16.1. The minimum atomic E-state index is -3.80. The molecular formula is C20H21N3O3S2. The van der Waals surface area contributed by atoms with Crippen LogP contribution >= 0.6 is 11.3 Å². The fraction of sp³-hybridized carbons (Fsp3) is 0.200. The Morgan fingerprint density at radius 2 is 1.75 bits per heavy atom. The molecule has 8 heteroatoms. The summed E-state index contributed by atoms with van der Waals surface area (Å²) in [5.41, 5.74) is 2.70. The second-order valence-electron chi connectivity index (χ2n) is 6.45. The molecule has 0 spiro atoms. The number of carbonyl (C=O) groups is 1. The summed E-state index contributed by atoms with van der Waals surface area (Å²) in [6.45, 7) is 5.73. The highest BCUT2D eigenvalue weighted by Crippen LogP contribution is 2.24. The van der Waals surface area contributed by atoms with E-state index in [2.05, 4.69) is 10.3 Å². The smallest absolute Gasteiger partial charge is 0.264 e. The van der Waals surface area contributed by atoms with Gasteiger partial charge in [0.25, 0.3) is 15.9 Å². The lowest BCUT2D eigenvalue weighted by Gasteiger charge is -2.20. The van der Waals surface area contributed by atoms with Crippen LogP contribution < -0.4 is 9.62 Å². The molecule has 1 N–H and O–H groups in total. The van der Waals surface area contributed by atoms with Crippen molar-refractivity contribution in [3.05, 3.63) is 70.2 Å². The molecule has 146 valence electrons. The molecule has 0 aliphatic rings. The maximum atomic E-state index is 13.0. The highest BCUT2D eigenvalue weighted by molar-refractivity contribution is 7.92. The molecule has 3 rings (SSSR count). The molecule has 2 aromatic carbocycles. The van der Waals surface area contributed by atoms with E-state index in [1.54, 1.807) is 24.3 Å². The van der Waals surface area contributed by atoms with E-state index < -0.39 is 15.9 Å². The Kier molecular flexibility index (Phi) is 5.53. The summed E-state index contributed by atoms with van der Waals surface area (Å²) >= 11 is 1.38. The van der Waals surface area contributed by atoms with Crippen molar-refractivity contribution in [2.45, 2.75) is 25.7 Å². The Hall–Kier alpha value is -2.71.